The summed E-state index contributed by atoms with van der Waals surface area (Å²) in [5.41, 5.74) is 2.74. The van der Waals surface area contributed by atoms with Crippen LogP contribution in [0.3, 0.4) is 0 Å². The van der Waals surface area contributed by atoms with Crippen LogP contribution < -0.4 is 5.32 Å². The summed E-state index contributed by atoms with van der Waals surface area (Å²) in [4.78, 5) is 17.2. The number of rotatable bonds is 3. The molecular formula is C20H16FN3OS. The molecule has 0 aliphatic carbocycles. The fraction of sp³-hybridized carbons (Fsp3) is 0.100. The molecule has 4 rings (SSSR count). The number of carbonyl (C=O) groups excluding carboxylic acids is 1. The number of aromatic nitrogens is 1. The van der Waals surface area contributed by atoms with E-state index >= 15 is 0 Å². The van der Waals surface area contributed by atoms with Crippen molar-refractivity contribution < 1.29 is 9.18 Å². The molecule has 0 atom stereocenters. The third-order valence-corrected chi connectivity index (χ3v) is 5.06. The maximum absolute atomic E-state index is 13.0. The summed E-state index contributed by atoms with van der Waals surface area (Å²) in [6, 6.07) is 14.0. The van der Waals surface area contributed by atoms with E-state index < -0.39 is 0 Å². The highest BCUT2D eigenvalue weighted by Crippen LogP contribution is 2.31. The van der Waals surface area contributed by atoms with Gasteiger partial charge in [0.1, 0.15) is 5.82 Å². The Kier molecular flexibility index (Phi) is 4.34. The van der Waals surface area contributed by atoms with Gasteiger partial charge in [-0.1, -0.05) is 18.2 Å². The molecular weight excluding hydrogens is 349 g/mol. The Bertz CT molecular complexity index is 1050. The number of carbonyl (C=O) groups is 1. The first-order chi connectivity index (χ1) is 12.6. The zero-order valence-corrected chi connectivity index (χ0v) is 14.9. The van der Waals surface area contributed by atoms with Crippen molar-refractivity contribution in [2.75, 3.05) is 0 Å². The Hall–Kier alpha value is -2.86. The Morgan fingerprint density at radius 1 is 1.19 bits per heavy atom. The zero-order valence-electron chi connectivity index (χ0n) is 14.1. The van der Waals surface area contributed by atoms with Crippen molar-refractivity contribution >= 4 is 45.5 Å². The second kappa shape index (κ2) is 6.80. The number of hydrogen-bond donors (Lipinski definition) is 1. The largest absolute Gasteiger partial charge is 0.347 e. The highest BCUT2D eigenvalue weighted by atomic mass is 32.2. The molecule has 0 saturated carbocycles. The van der Waals surface area contributed by atoms with Crippen molar-refractivity contribution in [1.29, 1.82) is 0 Å². The summed E-state index contributed by atoms with van der Waals surface area (Å²) in [6.45, 7) is 2.95. The van der Waals surface area contributed by atoms with Crippen molar-refractivity contribution in [1.82, 2.24) is 9.88 Å². The lowest BCUT2D eigenvalue weighted by molar-refractivity contribution is -0.115. The van der Waals surface area contributed by atoms with Crippen molar-refractivity contribution in [3.05, 3.63) is 71.0 Å². The molecule has 0 bridgehead atoms. The fourth-order valence-corrected chi connectivity index (χ4v) is 3.74. The van der Waals surface area contributed by atoms with Gasteiger partial charge >= 0.3 is 0 Å². The summed E-state index contributed by atoms with van der Waals surface area (Å²) in [7, 11) is 0. The molecule has 3 aromatic rings. The van der Waals surface area contributed by atoms with E-state index in [2.05, 4.69) is 40.1 Å². The van der Waals surface area contributed by atoms with Gasteiger partial charge in [0.2, 0.25) is 0 Å². The monoisotopic (exact) mass is 365 g/mol. The minimum absolute atomic E-state index is 0.177. The number of nitrogens with one attached hydrogen (secondary N) is 1. The maximum atomic E-state index is 13.0. The number of benzene rings is 2. The molecule has 0 radical (unpaired) electrons. The first kappa shape index (κ1) is 16.6. The van der Waals surface area contributed by atoms with Crippen LogP contribution in [0, 0.1) is 5.82 Å². The number of thioether (sulfide) groups is 1. The molecule has 4 nitrogen and oxygen atoms in total. The Morgan fingerprint density at radius 2 is 1.96 bits per heavy atom. The Morgan fingerprint density at radius 3 is 2.73 bits per heavy atom. The third-order valence-electron chi connectivity index (χ3n) is 4.15. The number of halogens is 1. The second-order valence-corrected chi connectivity index (χ2v) is 6.88. The molecule has 1 saturated heterocycles. The highest BCUT2D eigenvalue weighted by Gasteiger charge is 2.24. The van der Waals surface area contributed by atoms with Crippen molar-refractivity contribution in [2.45, 2.75) is 13.5 Å². The molecule has 1 aromatic heterocycles. The Balaban J connectivity index is 1.66. The normalized spacial score (nSPS) is 17.4. The molecule has 1 N–H and O–H groups in total. The lowest BCUT2D eigenvalue weighted by Crippen LogP contribution is -2.19. The van der Waals surface area contributed by atoms with Crippen LogP contribution in [-0.4, -0.2) is 15.6 Å². The number of amidine groups is 1. The first-order valence-corrected chi connectivity index (χ1v) is 9.08. The zero-order chi connectivity index (χ0) is 18.1. The van der Waals surface area contributed by atoms with Crippen molar-refractivity contribution in [3.8, 4) is 0 Å². The second-order valence-electron chi connectivity index (χ2n) is 5.85. The van der Waals surface area contributed by atoms with Crippen LogP contribution in [0.5, 0.6) is 0 Å². The minimum atomic E-state index is -0.315. The molecule has 130 valence electrons. The Labute approximate surface area is 154 Å². The summed E-state index contributed by atoms with van der Waals surface area (Å²) >= 11 is 1.29. The van der Waals surface area contributed by atoms with E-state index in [1.54, 1.807) is 12.1 Å². The van der Waals surface area contributed by atoms with E-state index in [1.807, 2.05) is 18.2 Å². The van der Waals surface area contributed by atoms with E-state index in [-0.39, 0.29) is 11.7 Å². The number of para-hydroxylation sites is 1. The standard InChI is InChI=1S/C20H16FN3OS/c1-2-24-12-13(16-5-3-4-6-17(16)24)11-18-19(25)23-20(26-18)22-15-9-7-14(21)8-10-15/h3-12H,2H2,1H3,(H,22,23,25)/b18-11+. The topological polar surface area (TPSA) is 46.4 Å². The lowest BCUT2D eigenvalue weighted by atomic mass is 10.1. The minimum Gasteiger partial charge on any atom is -0.347 e. The van der Waals surface area contributed by atoms with Crippen LogP contribution in [0.15, 0.2) is 64.6 Å². The van der Waals surface area contributed by atoms with Gasteiger partial charge in [0.05, 0.1) is 10.6 Å². The molecule has 0 unspecified atom stereocenters. The molecule has 1 amide bonds. The molecule has 1 aliphatic heterocycles. The van der Waals surface area contributed by atoms with Crippen LogP contribution in [0.4, 0.5) is 10.1 Å². The van der Waals surface area contributed by atoms with Gasteiger partial charge in [-0.2, -0.15) is 0 Å². The van der Waals surface area contributed by atoms with Crippen LogP contribution in [0.25, 0.3) is 17.0 Å². The van der Waals surface area contributed by atoms with E-state index in [1.165, 1.54) is 23.9 Å². The van der Waals surface area contributed by atoms with Crippen LogP contribution in [0.1, 0.15) is 12.5 Å². The number of amides is 1. The first-order valence-electron chi connectivity index (χ1n) is 8.27. The van der Waals surface area contributed by atoms with Gasteiger partial charge in [-0.05, 0) is 55.1 Å². The SMILES string of the molecule is CCn1cc(/C=C2/SC(=Nc3ccc(F)cc3)NC2=O)c2ccccc21. The van der Waals surface area contributed by atoms with Gasteiger partial charge in [0.15, 0.2) is 5.17 Å². The fourth-order valence-electron chi connectivity index (χ4n) is 2.91. The summed E-state index contributed by atoms with van der Waals surface area (Å²) in [5.74, 6) is -0.492. The predicted octanol–water partition coefficient (Wildman–Crippen LogP) is 4.69. The average molecular weight is 365 g/mol. The number of nitrogens with zero attached hydrogens (tertiary/aromatic N) is 2. The van der Waals surface area contributed by atoms with Gasteiger partial charge in [0, 0.05) is 29.2 Å². The van der Waals surface area contributed by atoms with E-state index in [4.69, 9.17) is 0 Å². The molecule has 1 fully saturated rings. The summed E-state index contributed by atoms with van der Waals surface area (Å²) in [5, 5.41) is 4.36. The van der Waals surface area contributed by atoms with E-state index in [9.17, 15) is 9.18 Å². The predicted molar refractivity (Wildman–Crippen MR) is 105 cm³/mol. The molecule has 1 aliphatic rings. The van der Waals surface area contributed by atoms with Crippen LogP contribution in [0.2, 0.25) is 0 Å². The number of aliphatic imine (C=N–C) groups is 1. The van der Waals surface area contributed by atoms with Gasteiger partial charge in [0.25, 0.3) is 5.91 Å². The van der Waals surface area contributed by atoms with Gasteiger partial charge in [-0.3, -0.25) is 4.79 Å². The van der Waals surface area contributed by atoms with E-state index in [0.717, 1.165) is 23.0 Å². The molecule has 2 aromatic carbocycles. The maximum Gasteiger partial charge on any atom is 0.264 e. The third kappa shape index (κ3) is 3.15. The average Bonchev–Trinajstić information content (AvgIpc) is 3.18. The molecule has 2 heterocycles. The van der Waals surface area contributed by atoms with Gasteiger partial charge in [-0.15, -0.1) is 0 Å². The summed E-state index contributed by atoms with van der Waals surface area (Å²) in [6.07, 6.45) is 3.95. The lowest BCUT2D eigenvalue weighted by Gasteiger charge is -1.97. The van der Waals surface area contributed by atoms with Crippen LogP contribution in [-0.2, 0) is 11.3 Å². The molecule has 0 spiro atoms. The van der Waals surface area contributed by atoms with E-state index in [0.29, 0.717) is 15.8 Å². The number of hydrogen-bond acceptors (Lipinski definition) is 3. The van der Waals surface area contributed by atoms with Gasteiger partial charge < -0.3 is 9.88 Å². The smallest absolute Gasteiger partial charge is 0.264 e. The quantitative estimate of drug-likeness (QED) is 0.685. The van der Waals surface area contributed by atoms with Crippen LogP contribution >= 0.6 is 11.8 Å². The summed E-state index contributed by atoms with van der Waals surface area (Å²) < 4.78 is 15.2. The molecule has 26 heavy (non-hydrogen) atoms. The number of fused-ring (bicyclic) bond motifs is 1. The highest BCUT2D eigenvalue weighted by molar-refractivity contribution is 8.18. The molecule has 6 heteroatoms. The van der Waals surface area contributed by atoms with Crippen molar-refractivity contribution in [2.24, 2.45) is 4.99 Å². The van der Waals surface area contributed by atoms with Gasteiger partial charge in [-0.25, -0.2) is 9.38 Å². The van der Waals surface area contributed by atoms with Crippen molar-refractivity contribution in [3.63, 3.8) is 0 Å². The number of aryl methyl sites for hydroxylation is 1.